The van der Waals surface area contributed by atoms with Crippen molar-refractivity contribution in [1.82, 2.24) is 0 Å². The molecule has 0 saturated heterocycles. The summed E-state index contributed by atoms with van der Waals surface area (Å²) >= 11 is 5.91. The van der Waals surface area contributed by atoms with Gasteiger partial charge in [0.1, 0.15) is 0 Å². The van der Waals surface area contributed by atoms with Gasteiger partial charge in [0.25, 0.3) is 0 Å². The minimum Gasteiger partial charge on any atom is -0.318 e. The van der Waals surface area contributed by atoms with E-state index in [4.69, 9.17) is 17.3 Å². The van der Waals surface area contributed by atoms with Gasteiger partial charge in [-0.05, 0) is 37.1 Å². The van der Waals surface area contributed by atoms with Crippen molar-refractivity contribution in [3.8, 4) is 0 Å². The van der Waals surface area contributed by atoms with E-state index in [1.165, 1.54) is 19.1 Å². The molecule has 0 aliphatic carbocycles. The molecule has 2 aromatic carbocycles. The summed E-state index contributed by atoms with van der Waals surface area (Å²) in [6, 6.07) is 9.85. The number of hydrogen-bond donors (Lipinski definition) is 1. The molecule has 0 fully saturated rings. The Morgan fingerprint density at radius 1 is 1.11 bits per heavy atom. The Bertz CT molecular complexity index is 624. The molecule has 0 aliphatic heterocycles. The third-order valence-electron chi connectivity index (χ3n) is 3.26. The third-order valence-corrected chi connectivity index (χ3v) is 3.49. The van der Waals surface area contributed by atoms with Crippen molar-refractivity contribution >= 4 is 11.6 Å². The largest absolute Gasteiger partial charge is 0.318 e. The highest BCUT2D eigenvalue weighted by molar-refractivity contribution is 6.30. The molecule has 100 valence electrons. The maximum Gasteiger partial charge on any atom is 0.164 e. The zero-order valence-corrected chi connectivity index (χ0v) is 11.4. The van der Waals surface area contributed by atoms with Gasteiger partial charge >= 0.3 is 0 Å². The summed E-state index contributed by atoms with van der Waals surface area (Å²) in [5, 5.41) is 0.502. The van der Waals surface area contributed by atoms with Gasteiger partial charge in [-0.2, -0.15) is 0 Å². The smallest absolute Gasteiger partial charge is 0.164 e. The first-order valence-corrected chi connectivity index (χ1v) is 6.22. The van der Waals surface area contributed by atoms with Crippen molar-refractivity contribution in [2.45, 2.75) is 19.4 Å². The first kappa shape index (κ1) is 14.0. The SMILES string of the molecule is Cc1ccc(C(C)(N)c2cccc(Cl)c2)c(F)c1F. The van der Waals surface area contributed by atoms with E-state index in [2.05, 4.69) is 0 Å². The van der Waals surface area contributed by atoms with Crippen LogP contribution in [-0.2, 0) is 5.54 Å². The molecule has 0 spiro atoms. The Balaban J connectivity index is 2.60. The molecule has 0 aliphatic rings. The Morgan fingerprint density at radius 2 is 1.79 bits per heavy atom. The fourth-order valence-electron chi connectivity index (χ4n) is 2.01. The molecule has 2 aromatic rings. The molecule has 0 radical (unpaired) electrons. The maximum absolute atomic E-state index is 14.1. The molecule has 0 bridgehead atoms. The van der Waals surface area contributed by atoms with E-state index in [1.807, 2.05) is 0 Å². The zero-order chi connectivity index (χ0) is 14.2. The summed E-state index contributed by atoms with van der Waals surface area (Å²) in [7, 11) is 0. The lowest BCUT2D eigenvalue weighted by molar-refractivity contribution is 0.464. The monoisotopic (exact) mass is 281 g/mol. The molecule has 0 heterocycles. The van der Waals surface area contributed by atoms with Crippen molar-refractivity contribution in [2.24, 2.45) is 5.73 Å². The van der Waals surface area contributed by atoms with E-state index >= 15 is 0 Å². The van der Waals surface area contributed by atoms with E-state index in [0.717, 1.165) is 0 Å². The highest BCUT2D eigenvalue weighted by atomic mass is 35.5. The van der Waals surface area contributed by atoms with Crippen molar-refractivity contribution in [1.29, 1.82) is 0 Å². The lowest BCUT2D eigenvalue weighted by Gasteiger charge is -2.27. The summed E-state index contributed by atoms with van der Waals surface area (Å²) in [6.07, 6.45) is 0. The Morgan fingerprint density at radius 3 is 2.42 bits per heavy atom. The van der Waals surface area contributed by atoms with Gasteiger partial charge in [-0.25, -0.2) is 8.78 Å². The minimum atomic E-state index is -1.15. The molecular weight excluding hydrogens is 268 g/mol. The average Bonchev–Trinajstić information content (AvgIpc) is 2.36. The van der Waals surface area contributed by atoms with Gasteiger partial charge < -0.3 is 5.73 Å². The third kappa shape index (κ3) is 2.48. The van der Waals surface area contributed by atoms with Gasteiger partial charge in [0, 0.05) is 10.6 Å². The van der Waals surface area contributed by atoms with E-state index in [-0.39, 0.29) is 11.1 Å². The molecular formula is C15H14ClF2N. The number of rotatable bonds is 2. The van der Waals surface area contributed by atoms with Crippen molar-refractivity contribution in [2.75, 3.05) is 0 Å². The molecule has 1 atom stereocenters. The van der Waals surface area contributed by atoms with Gasteiger partial charge in [-0.1, -0.05) is 35.9 Å². The standard InChI is InChI=1S/C15H14ClF2N/c1-9-6-7-12(14(18)13(9)17)15(2,19)10-4-3-5-11(16)8-10/h3-8H,19H2,1-2H3. The Hall–Kier alpha value is -1.45. The van der Waals surface area contributed by atoms with E-state index in [0.29, 0.717) is 10.6 Å². The fraction of sp³-hybridized carbons (Fsp3) is 0.200. The molecule has 0 saturated carbocycles. The van der Waals surface area contributed by atoms with Crippen LogP contribution in [0.3, 0.4) is 0 Å². The molecule has 2 rings (SSSR count). The normalized spacial score (nSPS) is 14.2. The van der Waals surface area contributed by atoms with Crippen LogP contribution in [0.15, 0.2) is 36.4 Å². The molecule has 4 heteroatoms. The summed E-state index contributed by atoms with van der Waals surface area (Å²) in [6.45, 7) is 3.14. The second kappa shape index (κ2) is 4.91. The van der Waals surface area contributed by atoms with Crippen LogP contribution in [0.25, 0.3) is 0 Å². The minimum absolute atomic E-state index is 0.109. The zero-order valence-electron chi connectivity index (χ0n) is 10.7. The average molecular weight is 282 g/mol. The molecule has 2 N–H and O–H groups in total. The van der Waals surface area contributed by atoms with Gasteiger partial charge in [-0.3, -0.25) is 0 Å². The molecule has 0 aromatic heterocycles. The lowest BCUT2D eigenvalue weighted by Crippen LogP contribution is -2.35. The summed E-state index contributed by atoms with van der Waals surface area (Å²) < 4.78 is 27.7. The lowest BCUT2D eigenvalue weighted by atomic mass is 9.85. The van der Waals surface area contributed by atoms with Crippen LogP contribution < -0.4 is 5.73 Å². The number of nitrogens with two attached hydrogens (primary N) is 1. The van der Waals surface area contributed by atoms with Crippen LogP contribution in [-0.4, -0.2) is 0 Å². The van der Waals surface area contributed by atoms with Crippen molar-refractivity contribution in [3.63, 3.8) is 0 Å². The van der Waals surface area contributed by atoms with E-state index in [1.54, 1.807) is 31.2 Å². The van der Waals surface area contributed by atoms with Crippen LogP contribution in [0.5, 0.6) is 0 Å². The number of benzene rings is 2. The van der Waals surface area contributed by atoms with Crippen LogP contribution in [0.2, 0.25) is 5.02 Å². The van der Waals surface area contributed by atoms with Crippen LogP contribution in [0.4, 0.5) is 8.78 Å². The number of hydrogen-bond acceptors (Lipinski definition) is 1. The van der Waals surface area contributed by atoms with Crippen molar-refractivity contribution in [3.05, 3.63) is 69.7 Å². The molecule has 0 amide bonds. The van der Waals surface area contributed by atoms with E-state index in [9.17, 15) is 8.78 Å². The quantitative estimate of drug-likeness (QED) is 0.879. The van der Waals surface area contributed by atoms with Gasteiger partial charge in [-0.15, -0.1) is 0 Å². The Labute approximate surface area is 116 Å². The predicted molar refractivity (Wildman–Crippen MR) is 73.2 cm³/mol. The highest BCUT2D eigenvalue weighted by Gasteiger charge is 2.29. The molecule has 1 unspecified atom stereocenters. The van der Waals surface area contributed by atoms with Gasteiger partial charge in [0.15, 0.2) is 11.6 Å². The second-order valence-electron chi connectivity index (χ2n) is 4.77. The summed E-state index contributed by atoms with van der Waals surface area (Å²) in [4.78, 5) is 0. The number of halogens is 3. The predicted octanol–water partition coefficient (Wildman–Crippen LogP) is 4.15. The van der Waals surface area contributed by atoms with Crippen LogP contribution in [0, 0.1) is 18.6 Å². The highest BCUT2D eigenvalue weighted by Crippen LogP contribution is 2.31. The molecule has 1 nitrogen and oxygen atoms in total. The van der Waals surface area contributed by atoms with Gasteiger partial charge in [0.05, 0.1) is 5.54 Å². The Kier molecular flexibility index (Phi) is 3.61. The maximum atomic E-state index is 14.1. The first-order valence-electron chi connectivity index (χ1n) is 5.84. The molecule has 19 heavy (non-hydrogen) atoms. The van der Waals surface area contributed by atoms with E-state index < -0.39 is 17.2 Å². The fourth-order valence-corrected chi connectivity index (χ4v) is 2.20. The summed E-state index contributed by atoms with van der Waals surface area (Å²) in [5.41, 5.74) is 6.02. The summed E-state index contributed by atoms with van der Waals surface area (Å²) in [5.74, 6) is -1.78. The number of aryl methyl sites for hydroxylation is 1. The first-order chi connectivity index (χ1) is 8.84. The van der Waals surface area contributed by atoms with Crippen molar-refractivity contribution < 1.29 is 8.78 Å². The van der Waals surface area contributed by atoms with Crippen LogP contribution in [0.1, 0.15) is 23.6 Å². The topological polar surface area (TPSA) is 26.0 Å². The second-order valence-corrected chi connectivity index (χ2v) is 5.21. The van der Waals surface area contributed by atoms with Crippen LogP contribution >= 0.6 is 11.6 Å². The van der Waals surface area contributed by atoms with Gasteiger partial charge in [0.2, 0.25) is 0 Å².